The molecule has 47 heavy (non-hydrogen) atoms. The Morgan fingerprint density at radius 1 is 0.702 bits per heavy atom. The lowest BCUT2D eigenvalue weighted by Gasteiger charge is -2.25. The first kappa shape index (κ1) is 29.4. The smallest absolute Gasteiger partial charge is 0.231 e. The molecule has 2 heterocycles. The van der Waals surface area contributed by atoms with Crippen LogP contribution in [0.2, 0.25) is 0 Å². The molecule has 232 valence electrons. The lowest BCUT2D eigenvalue weighted by Crippen LogP contribution is -2.24. The van der Waals surface area contributed by atoms with Gasteiger partial charge in [0.25, 0.3) is 0 Å². The number of aromatic nitrogens is 4. The fourth-order valence-electron chi connectivity index (χ4n) is 5.35. The van der Waals surface area contributed by atoms with E-state index in [4.69, 9.17) is 30.2 Å². The van der Waals surface area contributed by atoms with Gasteiger partial charge in [-0.15, -0.1) is 0 Å². The normalized spacial score (nSPS) is 10.9. The fraction of sp³-hybridized carbons (Fsp3) is 0.0789. The zero-order chi connectivity index (χ0) is 32.0. The van der Waals surface area contributed by atoms with Crippen molar-refractivity contribution in [3.8, 4) is 22.9 Å². The van der Waals surface area contributed by atoms with Crippen LogP contribution >= 0.6 is 0 Å². The van der Waals surface area contributed by atoms with Crippen molar-refractivity contribution in [2.45, 2.75) is 13.1 Å². The first-order valence-corrected chi connectivity index (χ1v) is 15.2. The van der Waals surface area contributed by atoms with Crippen molar-refractivity contribution in [1.29, 1.82) is 0 Å². The molecule has 0 amide bonds. The zero-order valence-electron chi connectivity index (χ0n) is 25.8. The molecule has 3 N–H and O–H groups in total. The van der Waals surface area contributed by atoms with E-state index < -0.39 is 0 Å². The zero-order valence-corrected chi connectivity index (χ0v) is 25.8. The molecule has 9 nitrogen and oxygen atoms in total. The Morgan fingerprint density at radius 2 is 1.32 bits per heavy atom. The highest BCUT2D eigenvalue weighted by Gasteiger charge is 2.21. The molecule has 0 aliphatic heterocycles. The molecule has 0 spiro atoms. The van der Waals surface area contributed by atoms with Crippen LogP contribution in [0, 0.1) is 0 Å². The highest BCUT2D eigenvalue weighted by atomic mass is 16.5. The number of nitrogens with zero attached hydrogens (tertiary/aromatic N) is 5. The Labute approximate surface area is 272 Å². The third-order valence-corrected chi connectivity index (χ3v) is 7.66. The van der Waals surface area contributed by atoms with E-state index in [0.717, 1.165) is 34.0 Å². The maximum absolute atomic E-state index is 6.16. The van der Waals surface area contributed by atoms with Gasteiger partial charge in [0.1, 0.15) is 23.6 Å². The number of nitrogen functional groups attached to an aromatic ring is 1. The average Bonchev–Trinajstić information content (AvgIpc) is 3.54. The molecular formula is C38H33N7O2. The third-order valence-electron chi connectivity index (χ3n) is 7.66. The molecule has 0 bridgehead atoms. The molecule has 2 aromatic heterocycles. The van der Waals surface area contributed by atoms with Gasteiger partial charge in [-0.3, -0.25) is 4.57 Å². The van der Waals surface area contributed by atoms with Gasteiger partial charge in [-0.1, -0.05) is 66.7 Å². The molecule has 7 rings (SSSR count). The number of hydrogen-bond acceptors (Lipinski definition) is 8. The highest BCUT2D eigenvalue weighted by molar-refractivity contribution is 5.86. The number of methoxy groups -OCH3 is 1. The topological polar surface area (TPSA) is 103 Å². The van der Waals surface area contributed by atoms with Crippen molar-refractivity contribution in [2.75, 3.05) is 23.1 Å². The van der Waals surface area contributed by atoms with E-state index in [1.54, 1.807) is 13.4 Å². The van der Waals surface area contributed by atoms with Crippen LogP contribution in [0.5, 0.6) is 17.2 Å². The molecule has 0 saturated heterocycles. The van der Waals surface area contributed by atoms with Gasteiger partial charge >= 0.3 is 0 Å². The first-order valence-electron chi connectivity index (χ1n) is 15.2. The van der Waals surface area contributed by atoms with Gasteiger partial charge in [0, 0.05) is 24.5 Å². The predicted octanol–water partition coefficient (Wildman–Crippen LogP) is 8.15. The second-order valence-corrected chi connectivity index (χ2v) is 11.0. The summed E-state index contributed by atoms with van der Waals surface area (Å²) in [4.78, 5) is 17.1. The van der Waals surface area contributed by atoms with Crippen molar-refractivity contribution in [1.82, 2.24) is 19.5 Å². The van der Waals surface area contributed by atoms with E-state index in [9.17, 15) is 0 Å². The quantitative estimate of drug-likeness (QED) is 0.140. The maximum Gasteiger partial charge on any atom is 0.231 e. The molecule has 0 unspecified atom stereocenters. The number of rotatable bonds is 11. The minimum Gasteiger partial charge on any atom is -0.497 e. The number of imidazole rings is 1. The second kappa shape index (κ2) is 13.3. The van der Waals surface area contributed by atoms with Crippen molar-refractivity contribution in [3.63, 3.8) is 0 Å². The molecule has 5 aromatic carbocycles. The predicted molar refractivity (Wildman–Crippen MR) is 187 cm³/mol. The molecule has 0 aliphatic rings. The minimum absolute atomic E-state index is 0.438. The van der Waals surface area contributed by atoms with Crippen LogP contribution in [-0.2, 0) is 13.1 Å². The molecule has 0 radical (unpaired) electrons. The Hall–Kier alpha value is -6.35. The molecule has 9 heteroatoms. The van der Waals surface area contributed by atoms with Crippen LogP contribution in [0.15, 0.2) is 140 Å². The van der Waals surface area contributed by atoms with Gasteiger partial charge in [-0.25, -0.2) is 4.98 Å². The first-order chi connectivity index (χ1) is 23.1. The summed E-state index contributed by atoms with van der Waals surface area (Å²) < 4.78 is 13.2. The van der Waals surface area contributed by atoms with Gasteiger partial charge < -0.3 is 25.4 Å². The van der Waals surface area contributed by atoms with Crippen LogP contribution in [0.4, 0.5) is 23.1 Å². The second-order valence-electron chi connectivity index (χ2n) is 11.0. The standard InChI is InChI=1S/C38H33N7O2/c1-46-32-19-21-34(22-20-32)47-33-17-15-30(16-18-33)41-38-42-36(35-37(43-38)45(26-40-35)31-14-8-13-29(39)23-31)44(24-27-9-4-2-5-10-27)25-28-11-6-3-7-12-28/h2-23,26H,24-25,39H2,1H3,(H,41,42,43). The van der Waals surface area contributed by atoms with Crippen LogP contribution in [0.1, 0.15) is 11.1 Å². The van der Waals surface area contributed by atoms with Crippen molar-refractivity contribution in [2.24, 2.45) is 0 Å². The van der Waals surface area contributed by atoms with Crippen molar-refractivity contribution >= 4 is 34.3 Å². The van der Waals surface area contributed by atoms with Gasteiger partial charge in [-0.2, -0.15) is 9.97 Å². The Balaban J connectivity index is 1.27. The van der Waals surface area contributed by atoms with Crippen molar-refractivity contribution in [3.05, 3.63) is 151 Å². The Bertz CT molecular complexity index is 2040. The average molecular weight is 620 g/mol. The molecule has 0 atom stereocenters. The number of benzene rings is 5. The summed E-state index contributed by atoms with van der Waals surface area (Å²) in [5, 5.41) is 3.42. The van der Waals surface area contributed by atoms with Gasteiger partial charge in [0.2, 0.25) is 5.95 Å². The maximum atomic E-state index is 6.16. The van der Waals surface area contributed by atoms with E-state index >= 15 is 0 Å². The monoisotopic (exact) mass is 619 g/mol. The van der Waals surface area contributed by atoms with Crippen molar-refractivity contribution < 1.29 is 9.47 Å². The van der Waals surface area contributed by atoms with Gasteiger partial charge in [0.05, 0.1) is 12.8 Å². The summed E-state index contributed by atoms with van der Waals surface area (Å²) in [5.74, 6) is 3.35. The van der Waals surface area contributed by atoms with Crippen LogP contribution in [0.3, 0.4) is 0 Å². The molecule has 7 aromatic rings. The number of hydrogen-bond donors (Lipinski definition) is 2. The summed E-state index contributed by atoms with van der Waals surface area (Å²) in [6.45, 7) is 1.26. The summed E-state index contributed by atoms with van der Waals surface area (Å²) in [7, 11) is 1.64. The summed E-state index contributed by atoms with van der Waals surface area (Å²) >= 11 is 0. The van der Waals surface area contributed by atoms with Gasteiger partial charge in [0.15, 0.2) is 17.0 Å². The van der Waals surface area contributed by atoms with E-state index in [0.29, 0.717) is 47.5 Å². The number of nitrogens with two attached hydrogens (primary N) is 1. The van der Waals surface area contributed by atoms with Crippen LogP contribution < -0.4 is 25.4 Å². The lowest BCUT2D eigenvalue weighted by molar-refractivity contribution is 0.413. The van der Waals surface area contributed by atoms with E-state index in [2.05, 4.69) is 58.7 Å². The number of fused-ring (bicyclic) bond motifs is 1. The molecule has 0 fully saturated rings. The van der Waals surface area contributed by atoms with Crippen LogP contribution in [0.25, 0.3) is 16.9 Å². The number of anilines is 4. The third kappa shape index (κ3) is 6.84. The lowest BCUT2D eigenvalue weighted by atomic mass is 10.1. The highest BCUT2D eigenvalue weighted by Crippen LogP contribution is 2.31. The Morgan fingerprint density at radius 3 is 1.94 bits per heavy atom. The molecule has 0 saturated carbocycles. The molecular weight excluding hydrogens is 586 g/mol. The van der Waals surface area contributed by atoms with Gasteiger partial charge in [-0.05, 0) is 77.9 Å². The summed E-state index contributed by atoms with van der Waals surface area (Å²) in [6, 6.07) is 43.6. The number of ether oxygens (including phenoxy) is 2. The summed E-state index contributed by atoms with van der Waals surface area (Å²) in [6.07, 6.45) is 1.77. The summed E-state index contributed by atoms with van der Waals surface area (Å²) in [5.41, 5.74) is 12.2. The SMILES string of the molecule is COc1ccc(Oc2ccc(Nc3nc(N(Cc4ccccc4)Cc4ccccc4)c4ncn(-c5cccc(N)c5)c4n3)cc2)cc1. The van der Waals surface area contributed by atoms with E-state index in [1.807, 2.05) is 89.5 Å². The fourth-order valence-corrected chi connectivity index (χ4v) is 5.35. The van der Waals surface area contributed by atoms with Crippen LogP contribution in [-0.4, -0.2) is 26.6 Å². The van der Waals surface area contributed by atoms with E-state index in [1.165, 1.54) is 0 Å². The minimum atomic E-state index is 0.438. The largest absolute Gasteiger partial charge is 0.497 e. The van der Waals surface area contributed by atoms with E-state index in [-0.39, 0.29) is 0 Å². The molecule has 0 aliphatic carbocycles. The Kier molecular flexibility index (Phi) is 8.33. The number of nitrogens with one attached hydrogen (secondary N) is 1.